The number of hydrogen-bond donors (Lipinski definition) is 0. The molecule has 0 atom stereocenters. The van der Waals surface area contributed by atoms with Crippen molar-refractivity contribution in [2.45, 2.75) is 11.8 Å². The highest BCUT2D eigenvalue weighted by molar-refractivity contribution is 6.23. The molecule has 3 aliphatic rings. The van der Waals surface area contributed by atoms with Crippen molar-refractivity contribution in [2.24, 2.45) is 0 Å². The van der Waals surface area contributed by atoms with Crippen LogP contribution in [0.5, 0.6) is 0 Å². The standard InChI is InChI=1S/C22H15NO2/c24-21-19-15-10-4-5-11-16(15)20(18-13-7-6-12-17(18)19)22(25)23(21)14-8-2-1-3-9-14/h1-13,19-20H. The number of imide groups is 1. The summed E-state index contributed by atoms with van der Waals surface area (Å²) < 4.78 is 0. The fraction of sp³-hybridized carbons (Fsp3) is 0.0909. The molecule has 6 rings (SSSR count). The third kappa shape index (κ3) is 1.86. The van der Waals surface area contributed by atoms with Crippen LogP contribution < -0.4 is 4.90 Å². The Balaban J connectivity index is 1.82. The molecular weight excluding hydrogens is 310 g/mol. The summed E-state index contributed by atoms with van der Waals surface area (Å²) in [7, 11) is 0. The zero-order valence-electron chi connectivity index (χ0n) is 13.4. The van der Waals surface area contributed by atoms with Gasteiger partial charge in [0, 0.05) is 0 Å². The molecule has 3 nitrogen and oxygen atoms in total. The largest absolute Gasteiger partial charge is 0.273 e. The molecule has 2 bridgehead atoms. The van der Waals surface area contributed by atoms with Gasteiger partial charge >= 0.3 is 0 Å². The van der Waals surface area contributed by atoms with Crippen molar-refractivity contribution in [1.29, 1.82) is 0 Å². The maximum absolute atomic E-state index is 13.4. The van der Waals surface area contributed by atoms with Crippen molar-refractivity contribution in [2.75, 3.05) is 4.90 Å². The molecular formula is C22H15NO2. The molecule has 0 saturated carbocycles. The molecule has 2 amide bonds. The zero-order valence-corrected chi connectivity index (χ0v) is 13.4. The van der Waals surface area contributed by atoms with Gasteiger partial charge in [0.25, 0.3) is 0 Å². The van der Waals surface area contributed by atoms with Crippen molar-refractivity contribution >= 4 is 17.5 Å². The van der Waals surface area contributed by atoms with Gasteiger partial charge in [0.2, 0.25) is 11.8 Å². The lowest BCUT2D eigenvalue weighted by Gasteiger charge is -2.27. The van der Waals surface area contributed by atoms with Gasteiger partial charge < -0.3 is 0 Å². The quantitative estimate of drug-likeness (QED) is 0.638. The van der Waals surface area contributed by atoms with Crippen LogP contribution >= 0.6 is 0 Å². The lowest BCUT2D eigenvalue weighted by Crippen LogP contribution is -2.38. The van der Waals surface area contributed by atoms with Crippen molar-refractivity contribution in [3.63, 3.8) is 0 Å². The molecule has 0 N–H and O–H groups in total. The molecule has 3 aromatic carbocycles. The molecule has 3 heteroatoms. The maximum Gasteiger partial charge on any atom is 0.245 e. The van der Waals surface area contributed by atoms with E-state index in [4.69, 9.17) is 0 Å². The van der Waals surface area contributed by atoms with Gasteiger partial charge in [0.1, 0.15) is 0 Å². The minimum atomic E-state index is -0.435. The van der Waals surface area contributed by atoms with Crippen LogP contribution in [-0.4, -0.2) is 11.8 Å². The highest BCUT2D eigenvalue weighted by atomic mass is 16.2. The molecule has 1 aliphatic carbocycles. The third-order valence-corrected chi connectivity index (χ3v) is 5.19. The van der Waals surface area contributed by atoms with Crippen molar-refractivity contribution in [1.82, 2.24) is 0 Å². The molecule has 0 spiro atoms. The van der Waals surface area contributed by atoms with Gasteiger partial charge in [0.05, 0.1) is 17.5 Å². The van der Waals surface area contributed by atoms with Crippen LogP contribution in [0.4, 0.5) is 5.69 Å². The lowest BCUT2D eigenvalue weighted by atomic mass is 9.73. The summed E-state index contributed by atoms with van der Waals surface area (Å²) >= 11 is 0. The van der Waals surface area contributed by atoms with Crippen LogP contribution in [0, 0.1) is 0 Å². The van der Waals surface area contributed by atoms with E-state index < -0.39 is 11.8 Å². The second-order valence-corrected chi connectivity index (χ2v) is 6.47. The summed E-state index contributed by atoms with van der Waals surface area (Å²) in [6, 6.07) is 24.9. The molecule has 120 valence electrons. The molecule has 3 aromatic rings. The smallest absolute Gasteiger partial charge is 0.245 e. The van der Waals surface area contributed by atoms with Gasteiger partial charge in [-0.1, -0.05) is 66.7 Å². The van der Waals surface area contributed by atoms with Gasteiger partial charge in [-0.25, -0.2) is 4.90 Å². The van der Waals surface area contributed by atoms with E-state index in [1.807, 2.05) is 78.9 Å². The Bertz CT molecular complexity index is 900. The number of anilines is 1. The van der Waals surface area contributed by atoms with Gasteiger partial charge in [-0.2, -0.15) is 0 Å². The summed E-state index contributed by atoms with van der Waals surface area (Å²) in [5.41, 5.74) is 4.42. The summed E-state index contributed by atoms with van der Waals surface area (Å²) in [5.74, 6) is -1.21. The third-order valence-electron chi connectivity index (χ3n) is 5.19. The predicted molar refractivity (Wildman–Crippen MR) is 95.5 cm³/mol. The van der Waals surface area contributed by atoms with E-state index in [0.29, 0.717) is 5.69 Å². The van der Waals surface area contributed by atoms with E-state index in [9.17, 15) is 9.59 Å². The molecule has 0 saturated heterocycles. The zero-order chi connectivity index (χ0) is 17.0. The second-order valence-electron chi connectivity index (χ2n) is 6.47. The van der Waals surface area contributed by atoms with Crippen molar-refractivity contribution < 1.29 is 9.59 Å². The predicted octanol–water partition coefficient (Wildman–Crippen LogP) is 3.84. The fourth-order valence-corrected chi connectivity index (χ4v) is 4.14. The average Bonchev–Trinajstić information content (AvgIpc) is 2.81. The van der Waals surface area contributed by atoms with Crippen LogP contribution in [0.15, 0.2) is 78.9 Å². The second kappa shape index (κ2) is 5.15. The molecule has 0 unspecified atom stereocenters. The number of carbonyl (C=O) groups excluding carboxylic acids is 2. The van der Waals surface area contributed by atoms with Crippen LogP contribution in [-0.2, 0) is 9.59 Å². The SMILES string of the molecule is O=C1C2c3ccccc3C(C(=O)N1c1ccccc1)c1ccccc12. The number of amides is 2. The summed E-state index contributed by atoms with van der Waals surface area (Å²) in [6.07, 6.45) is 0. The fourth-order valence-electron chi connectivity index (χ4n) is 4.14. The van der Waals surface area contributed by atoms with Gasteiger partial charge in [-0.05, 0) is 34.4 Å². The first-order chi connectivity index (χ1) is 12.3. The van der Waals surface area contributed by atoms with Crippen LogP contribution in [0.3, 0.4) is 0 Å². The maximum atomic E-state index is 13.4. The Kier molecular flexibility index (Phi) is 2.92. The minimum absolute atomic E-state index is 0.170. The summed E-state index contributed by atoms with van der Waals surface area (Å²) in [4.78, 5) is 28.3. The number of fused-ring (bicyclic) bond motifs is 2. The lowest BCUT2D eigenvalue weighted by molar-refractivity contribution is -0.126. The first kappa shape index (κ1) is 14.2. The highest BCUT2D eigenvalue weighted by Gasteiger charge is 2.48. The topological polar surface area (TPSA) is 37.4 Å². The number of rotatable bonds is 1. The summed E-state index contributed by atoms with van der Waals surface area (Å²) in [6.45, 7) is 0. The van der Waals surface area contributed by atoms with Crippen LogP contribution in [0.2, 0.25) is 0 Å². The van der Waals surface area contributed by atoms with Crippen LogP contribution in [0.1, 0.15) is 34.1 Å². The van der Waals surface area contributed by atoms with E-state index in [1.54, 1.807) is 0 Å². The highest BCUT2D eigenvalue weighted by Crippen LogP contribution is 2.48. The van der Waals surface area contributed by atoms with Crippen molar-refractivity contribution in [3.8, 4) is 0 Å². The van der Waals surface area contributed by atoms with E-state index >= 15 is 0 Å². The van der Waals surface area contributed by atoms with Gasteiger partial charge in [-0.15, -0.1) is 0 Å². The Hall–Kier alpha value is -3.20. The number of para-hydroxylation sites is 1. The number of benzene rings is 3. The van der Waals surface area contributed by atoms with E-state index in [2.05, 4.69) is 0 Å². The Morgan fingerprint density at radius 1 is 0.520 bits per heavy atom. The Morgan fingerprint density at radius 3 is 1.28 bits per heavy atom. The average molecular weight is 325 g/mol. The number of hydrogen-bond acceptors (Lipinski definition) is 2. The van der Waals surface area contributed by atoms with E-state index in [0.717, 1.165) is 22.3 Å². The van der Waals surface area contributed by atoms with Gasteiger partial charge in [0.15, 0.2) is 0 Å². The molecule has 2 heterocycles. The molecule has 2 aliphatic heterocycles. The first-order valence-corrected chi connectivity index (χ1v) is 8.38. The summed E-state index contributed by atoms with van der Waals surface area (Å²) in [5, 5.41) is 0. The molecule has 0 fully saturated rings. The minimum Gasteiger partial charge on any atom is -0.273 e. The molecule has 0 radical (unpaired) electrons. The monoisotopic (exact) mass is 325 g/mol. The number of carbonyl (C=O) groups is 2. The van der Waals surface area contributed by atoms with Crippen molar-refractivity contribution in [3.05, 3.63) is 101 Å². The number of nitrogens with zero attached hydrogens (tertiary/aromatic N) is 1. The normalized spacial score (nSPS) is 20.9. The van der Waals surface area contributed by atoms with E-state index in [1.165, 1.54) is 4.90 Å². The van der Waals surface area contributed by atoms with Crippen LogP contribution in [0.25, 0.3) is 0 Å². The Morgan fingerprint density at radius 2 is 0.880 bits per heavy atom. The molecule has 0 aromatic heterocycles. The first-order valence-electron chi connectivity index (χ1n) is 8.38. The molecule has 25 heavy (non-hydrogen) atoms. The van der Waals surface area contributed by atoms with Gasteiger partial charge in [-0.3, -0.25) is 9.59 Å². The Labute approximate surface area is 145 Å². The van der Waals surface area contributed by atoms with E-state index in [-0.39, 0.29) is 11.8 Å².